The number of hydrogen-bond acceptors (Lipinski definition) is 4. The molecule has 0 radical (unpaired) electrons. The third-order valence-electron chi connectivity index (χ3n) is 4.12. The maximum atomic E-state index is 10.8. The van der Waals surface area contributed by atoms with E-state index >= 15 is 0 Å². The number of rotatable bonds is 3. The van der Waals surface area contributed by atoms with Gasteiger partial charge in [0.1, 0.15) is 0 Å². The van der Waals surface area contributed by atoms with E-state index in [4.69, 9.17) is 0 Å². The van der Waals surface area contributed by atoms with Crippen molar-refractivity contribution in [2.45, 2.75) is 59.3 Å². The maximum Gasteiger partial charge on any atom is 0.250 e. The van der Waals surface area contributed by atoms with Crippen molar-refractivity contribution in [3.63, 3.8) is 0 Å². The lowest BCUT2D eigenvalue weighted by Gasteiger charge is -2.01. The van der Waals surface area contributed by atoms with Crippen molar-refractivity contribution < 1.29 is 1.43 Å². The fourth-order valence-electron chi connectivity index (χ4n) is 2.30. The van der Waals surface area contributed by atoms with Crippen molar-refractivity contribution in [3.05, 3.63) is 96.9 Å². The van der Waals surface area contributed by atoms with Gasteiger partial charge in [0.15, 0.2) is 5.43 Å². The second-order valence-electron chi connectivity index (χ2n) is 7.75. The van der Waals surface area contributed by atoms with Crippen LogP contribution in [0.15, 0.2) is 63.3 Å². The van der Waals surface area contributed by atoms with Crippen molar-refractivity contribution in [3.8, 4) is 0 Å². The highest BCUT2D eigenvalue weighted by molar-refractivity contribution is 5.08. The van der Waals surface area contributed by atoms with Crippen molar-refractivity contribution in [1.29, 1.82) is 0 Å². The zero-order valence-electron chi connectivity index (χ0n) is 18.5. The van der Waals surface area contributed by atoms with Crippen molar-refractivity contribution in [2.24, 2.45) is 0 Å². The highest BCUT2D eigenvalue weighted by Crippen LogP contribution is 2.07. The molecule has 3 rings (SSSR count). The summed E-state index contributed by atoms with van der Waals surface area (Å²) in [5.41, 5.74) is 2.79. The van der Waals surface area contributed by atoms with Gasteiger partial charge in [-0.1, -0.05) is 47.6 Å². The molecule has 7 nitrogen and oxygen atoms in total. The molecule has 0 aliphatic rings. The Balaban J connectivity index is 0.000000429. The van der Waals surface area contributed by atoms with E-state index in [9.17, 15) is 14.4 Å². The predicted octanol–water partition coefficient (Wildman–Crippen LogP) is 4.14. The molecule has 0 saturated heterocycles. The van der Waals surface area contributed by atoms with Gasteiger partial charge in [0.25, 0.3) is 5.56 Å². The second kappa shape index (κ2) is 12.4. The third-order valence-corrected chi connectivity index (χ3v) is 4.12. The van der Waals surface area contributed by atoms with Gasteiger partial charge in [-0.15, -0.1) is 0 Å². The molecule has 0 aliphatic heterocycles. The minimum atomic E-state index is -0.0845. The zero-order chi connectivity index (χ0) is 22.7. The number of pyridine rings is 2. The molecule has 0 aliphatic carbocycles. The smallest absolute Gasteiger partial charge is 0.250 e. The van der Waals surface area contributed by atoms with E-state index in [1.165, 1.54) is 24.5 Å². The fourth-order valence-corrected chi connectivity index (χ4v) is 2.30. The van der Waals surface area contributed by atoms with Gasteiger partial charge in [-0.05, 0) is 23.8 Å². The Morgan fingerprint density at radius 1 is 0.767 bits per heavy atom. The maximum absolute atomic E-state index is 10.8. The van der Waals surface area contributed by atoms with Crippen LogP contribution in [0.2, 0.25) is 0 Å². The molecular weight excluding hydrogens is 380 g/mol. The van der Waals surface area contributed by atoms with Crippen LogP contribution in [0.5, 0.6) is 0 Å². The molecule has 30 heavy (non-hydrogen) atoms. The number of nitrogens with one attached hydrogen (secondary N) is 3. The van der Waals surface area contributed by atoms with Crippen molar-refractivity contribution in [1.82, 2.24) is 19.9 Å². The topological polar surface area (TPSA) is 111 Å². The Morgan fingerprint density at radius 2 is 1.43 bits per heavy atom. The number of aromatic nitrogens is 4. The first kappa shape index (κ1) is 24.8. The second-order valence-corrected chi connectivity index (χ2v) is 7.75. The summed E-state index contributed by atoms with van der Waals surface area (Å²) in [5.74, 6) is 1.12. The predicted molar refractivity (Wildman–Crippen MR) is 123 cm³/mol. The van der Waals surface area contributed by atoms with Crippen LogP contribution < -0.4 is 16.5 Å². The quantitative estimate of drug-likeness (QED) is 0.598. The summed E-state index contributed by atoms with van der Waals surface area (Å²) < 4.78 is 0. The van der Waals surface area contributed by atoms with Gasteiger partial charge in [0.05, 0.1) is 12.0 Å². The van der Waals surface area contributed by atoms with Gasteiger partial charge in [0.2, 0.25) is 5.56 Å². The highest BCUT2D eigenvalue weighted by Gasteiger charge is 1.99. The summed E-state index contributed by atoms with van der Waals surface area (Å²) >= 11 is 0. The summed E-state index contributed by atoms with van der Waals surface area (Å²) in [5, 5.41) is 0. The molecule has 3 N–H and O–H groups in total. The monoisotopic (exact) mass is 414 g/mol. The normalized spacial score (nSPS) is 10.3. The Bertz CT molecular complexity index is 932. The molecule has 0 fully saturated rings. The van der Waals surface area contributed by atoms with Crippen LogP contribution >= 0.6 is 0 Å². The van der Waals surface area contributed by atoms with Crippen LogP contribution in [-0.4, -0.2) is 19.9 Å². The number of H-pyrrole nitrogens is 3. The zero-order valence-corrected chi connectivity index (χ0v) is 18.5. The molecule has 7 heteroatoms. The summed E-state index contributed by atoms with van der Waals surface area (Å²) in [4.78, 5) is 44.4. The SMILES string of the molecule is CC(C)c1cc(=O)[nH]cn1.CC(C)c1cc(=O)cc[nH]1.CC(C)c1cccc(=O)[nH]1.[HH]. The van der Waals surface area contributed by atoms with E-state index < -0.39 is 0 Å². The van der Waals surface area contributed by atoms with Gasteiger partial charge in [0, 0.05) is 43.3 Å². The molecule has 164 valence electrons. The first-order valence-corrected chi connectivity index (χ1v) is 10.0. The van der Waals surface area contributed by atoms with E-state index in [1.807, 2.05) is 47.6 Å². The van der Waals surface area contributed by atoms with Crippen LogP contribution in [0.1, 0.15) is 77.8 Å². The molecule has 0 atom stereocenters. The first-order valence-electron chi connectivity index (χ1n) is 10.0. The van der Waals surface area contributed by atoms with E-state index in [0.717, 1.165) is 17.1 Å². The van der Waals surface area contributed by atoms with Crippen LogP contribution in [0, 0.1) is 0 Å². The van der Waals surface area contributed by atoms with E-state index in [0.29, 0.717) is 17.8 Å². The molecule has 0 unspecified atom stereocenters. The molecule has 0 saturated carbocycles. The van der Waals surface area contributed by atoms with Crippen LogP contribution in [0.3, 0.4) is 0 Å². The fraction of sp³-hybridized carbons (Fsp3) is 0.391. The molecule has 0 bridgehead atoms. The van der Waals surface area contributed by atoms with E-state index in [-0.39, 0.29) is 18.0 Å². The van der Waals surface area contributed by atoms with Crippen molar-refractivity contribution >= 4 is 0 Å². The van der Waals surface area contributed by atoms with Crippen molar-refractivity contribution in [2.75, 3.05) is 0 Å². The van der Waals surface area contributed by atoms with Gasteiger partial charge in [-0.25, -0.2) is 4.98 Å². The Morgan fingerprint density at radius 3 is 1.83 bits per heavy atom. The van der Waals surface area contributed by atoms with E-state index in [1.54, 1.807) is 18.3 Å². The lowest BCUT2D eigenvalue weighted by molar-refractivity contribution is 0.809. The Hall–Kier alpha value is -3.22. The lowest BCUT2D eigenvalue weighted by atomic mass is 10.1. The Kier molecular flexibility index (Phi) is 10.2. The van der Waals surface area contributed by atoms with Crippen LogP contribution in [0.25, 0.3) is 0 Å². The number of aromatic amines is 3. The molecule has 3 aromatic heterocycles. The minimum absolute atomic E-state index is 0. The highest BCUT2D eigenvalue weighted by atomic mass is 16.1. The summed E-state index contributed by atoms with van der Waals surface area (Å²) in [7, 11) is 0. The van der Waals surface area contributed by atoms with E-state index in [2.05, 4.69) is 19.9 Å². The Labute approximate surface area is 178 Å². The first-order chi connectivity index (χ1) is 14.1. The van der Waals surface area contributed by atoms with Gasteiger partial charge >= 0.3 is 0 Å². The standard InChI is InChI=1S/2C8H11NO.C7H10N2O.H2/c1-6(2)8-5-7(10)3-4-9-8;1-6(2)7-4-3-5-8(10)9-7;1-5(2)6-3-7(10)9-4-8-6;/h2*3-6H,1-2H3,(H,9,10);3-5H,1-2H3,(H,8,9,10);1H. The average molecular weight is 415 g/mol. The molecule has 0 spiro atoms. The lowest BCUT2D eigenvalue weighted by Crippen LogP contribution is -2.07. The van der Waals surface area contributed by atoms with Gasteiger partial charge in [-0.3, -0.25) is 14.4 Å². The molecule has 3 aromatic rings. The van der Waals surface area contributed by atoms with Gasteiger partial charge < -0.3 is 15.0 Å². The van der Waals surface area contributed by atoms with Gasteiger partial charge in [-0.2, -0.15) is 0 Å². The summed E-state index contributed by atoms with van der Waals surface area (Å²) in [6, 6.07) is 9.88. The summed E-state index contributed by atoms with van der Waals surface area (Å²) in [6.07, 6.45) is 3.11. The third kappa shape index (κ3) is 9.32. The average Bonchev–Trinajstić information content (AvgIpc) is 2.69. The number of nitrogens with zero attached hydrogens (tertiary/aromatic N) is 1. The number of hydrogen-bond donors (Lipinski definition) is 3. The molecular formula is C23H34N4O3. The minimum Gasteiger partial charge on any atom is -0.365 e. The van der Waals surface area contributed by atoms with Crippen LogP contribution in [0.4, 0.5) is 0 Å². The summed E-state index contributed by atoms with van der Waals surface area (Å²) in [6.45, 7) is 12.2. The molecule has 3 heterocycles. The largest absolute Gasteiger partial charge is 0.365 e. The molecule has 0 aromatic carbocycles. The van der Waals surface area contributed by atoms with Crippen LogP contribution in [-0.2, 0) is 0 Å². The molecule has 0 amide bonds.